The van der Waals surface area contributed by atoms with Crippen molar-refractivity contribution < 1.29 is 36.1 Å². The van der Waals surface area contributed by atoms with Gasteiger partial charge in [-0.05, 0) is 81.6 Å². The summed E-state index contributed by atoms with van der Waals surface area (Å²) in [6, 6.07) is 58.6. The smallest absolute Gasteiger partial charge is 0.133 e. The van der Waals surface area contributed by atoms with Crippen LogP contribution in [0.4, 0.5) is 0 Å². The number of hydrogen-bond acceptors (Lipinski definition) is 6. The van der Waals surface area contributed by atoms with E-state index in [1.807, 2.05) is 156 Å². The van der Waals surface area contributed by atoms with E-state index in [2.05, 4.69) is 67.5 Å². The Labute approximate surface area is 489 Å². The molecule has 4 nitrogen and oxygen atoms in total. The molecule has 11 heteroatoms. The van der Waals surface area contributed by atoms with Gasteiger partial charge < -0.3 is 10.2 Å². The molecule has 0 spiro atoms. The number of rotatable bonds is 6. The van der Waals surface area contributed by atoms with E-state index in [1.54, 1.807) is 24.3 Å². The van der Waals surface area contributed by atoms with Crippen LogP contribution in [0, 0.1) is 13.8 Å². The summed E-state index contributed by atoms with van der Waals surface area (Å²) in [4.78, 5) is 9.56. The van der Waals surface area contributed by atoms with Gasteiger partial charge in [0.1, 0.15) is 21.5 Å². The molecule has 2 N–H and O–H groups in total. The minimum atomic E-state index is -0.0852. The van der Waals surface area contributed by atoms with Crippen molar-refractivity contribution in [2.45, 2.75) is 52.4 Å². The first-order chi connectivity index (χ1) is 35.3. The van der Waals surface area contributed by atoms with Crippen molar-refractivity contribution in [3.05, 3.63) is 249 Å². The fourth-order valence-corrected chi connectivity index (χ4v) is 10.4. The van der Waals surface area contributed by atoms with Gasteiger partial charge in [-0.3, -0.25) is 0 Å². The third kappa shape index (κ3) is 15.3. The molecule has 0 aliphatic rings. The Bertz CT molecular complexity index is 3180. The van der Waals surface area contributed by atoms with Gasteiger partial charge in [-0.2, -0.15) is 49.2 Å². The van der Waals surface area contributed by atoms with Gasteiger partial charge in [-0.15, -0.1) is 46.9 Å². The Kier molecular flexibility index (Phi) is 20.7. The van der Waals surface area contributed by atoms with E-state index < -0.39 is 0 Å². The van der Waals surface area contributed by atoms with Crippen molar-refractivity contribution >= 4 is 69.1 Å². The normalized spacial score (nSPS) is 10.9. The van der Waals surface area contributed by atoms with E-state index in [0.29, 0.717) is 53.7 Å². The second-order valence-electron chi connectivity index (χ2n) is 19.3. The number of halogens is 4. The van der Waals surface area contributed by atoms with Gasteiger partial charge in [-0.1, -0.05) is 173 Å². The van der Waals surface area contributed by atoms with Crippen LogP contribution in [-0.2, 0) is 36.7 Å². The van der Waals surface area contributed by atoms with Crippen LogP contribution in [0.15, 0.2) is 193 Å². The second kappa shape index (κ2) is 26.4. The molecule has 0 radical (unpaired) electrons. The van der Waals surface area contributed by atoms with Gasteiger partial charge in [0.2, 0.25) is 0 Å². The molecule has 0 unspecified atom stereocenters. The summed E-state index contributed by atoms with van der Waals surface area (Å²) in [7, 11) is 0. The largest absolute Gasteiger partial charge is 0.507 e. The van der Waals surface area contributed by atoms with Gasteiger partial charge in [0.05, 0.1) is 42.6 Å². The Hall–Kier alpha value is -5.61. The summed E-state index contributed by atoms with van der Waals surface area (Å²) < 4.78 is 0. The first kappa shape index (κ1) is 58.6. The van der Waals surface area contributed by atoms with E-state index in [0.717, 1.165) is 54.5 Å². The summed E-state index contributed by atoms with van der Waals surface area (Å²) in [6.07, 6.45) is 0. The van der Waals surface area contributed by atoms with Crippen LogP contribution in [0.1, 0.15) is 63.8 Å². The summed E-state index contributed by atoms with van der Waals surface area (Å²) in [5, 5.41) is 29.9. The predicted octanol–water partition coefficient (Wildman–Crippen LogP) is 20.6. The average molecular weight is 1270 g/mol. The molecule has 0 atom stereocenters. The van der Waals surface area contributed by atoms with Crippen molar-refractivity contribution in [1.82, 2.24) is 9.97 Å². The predicted molar refractivity (Wildman–Crippen MR) is 319 cm³/mol. The summed E-state index contributed by atoms with van der Waals surface area (Å²) in [5.74, 6) is 0.445. The SMILES string of the molecule is CC(C)(C)c1cc(-c2ccccc2)c(O)c(-c2nc(-c3c(Cl)cccc3Cl)cs2)c1.CC(C)(C)c1cc(-c2ccccc2)c(O)c(-c2nc(-c3c(Cl)cccc3Cl)cs2)c1.[CH2-]c1ccccc1.[CH2-]c1ccccc1.[Hf]. The maximum absolute atomic E-state index is 11.2. The molecule has 0 saturated heterocycles. The molecule has 8 aromatic carbocycles. The van der Waals surface area contributed by atoms with Crippen molar-refractivity contribution in [2.75, 3.05) is 0 Å². The van der Waals surface area contributed by atoms with Crippen LogP contribution in [0.2, 0.25) is 20.1 Å². The molecule has 2 heterocycles. The van der Waals surface area contributed by atoms with E-state index in [4.69, 9.17) is 56.4 Å². The molecule has 0 bridgehead atoms. The number of phenolic OH excluding ortho intramolecular Hbond substituents is 2. The number of aromatic hydroxyl groups is 2. The average Bonchev–Trinajstić information content (AvgIpc) is 4.06. The first-order valence-corrected chi connectivity index (χ1v) is 27.0. The number of hydrogen-bond donors (Lipinski definition) is 2. The van der Waals surface area contributed by atoms with Gasteiger partial charge >= 0.3 is 0 Å². The summed E-state index contributed by atoms with van der Waals surface area (Å²) in [6.45, 7) is 20.4. The monoisotopic (exact) mass is 1270 g/mol. The Morgan fingerprint density at radius 1 is 0.400 bits per heavy atom. The van der Waals surface area contributed by atoms with Crippen molar-refractivity contribution in [3.63, 3.8) is 0 Å². The summed E-state index contributed by atoms with van der Waals surface area (Å²) in [5.41, 5.74) is 12.0. The molecule has 75 heavy (non-hydrogen) atoms. The number of benzene rings is 8. The van der Waals surface area contributed by atoms with Crippen molar-refractivity contribution in [2.24, 2.45) is 0 Å². The topological polar surface area (TPSA) is 66.2 Å². The molecular weight excluding hydrogens is 1210 g/mol. The summed E-state index contributed by atoms with van der Waals surface area (Å²) >= 11 is 28.4. The molecule has 380 valence electrons. The van der Waals surface area contributed by atoms with Gasteiger partial charge in [-0.25, -0.2) is 9.97 Å². The third-order valence-corrected chi connectivity index (χ3v) is 14.7. The standard InChI is InChI=1S/2C25H21Cl2NOS.2C7H7.Hf/c2*1-25(2,3)16-12-17(15-8-5-4-6-9-15)23(29)18(13-16)24-28-21(14-30-24)22-19(26)10-7-11-20(22)27;2*1-7-5-3-2-4-6-7;/h2*4-14,29H,1-3H3;2*2-6H,1H2;/q;;2*-1;. The maximum Gasteiger partial charge on any atom is 0.133 e. The van der Waals surface area contributed by atoms with Crippen LogP contribution in [0.25, 0.3) is 65.9 Å². The van der Waals surface area contributed by atoms with Gasteiger partial charge in [0, 0.05) is 58.9 Å². The van der Waals surface area contributed by atoms with Crippen LogP contribution < -0.4 is 0 Å². The molecule has 0 fully saturated rings. The van der Waals surface area contributed by atoms with Crippen LogP contribution in [0.5, 0.6) is 11.5 Å². The zero-order valence-electron chi connectivity index (χ0n) is 42.5. The Balaban J connectivity index is 0.000000191. The molecule has 0 aliphatic heterocycles. The molecular formula is C64H56Cl4HfN2O2S2-2. The number of phenols is 2. The first-order valence-electron chi connectivity index (χ1n) is 23.7. The minimum absolute atomic E-state index is 0. The van der Waals surface area contributed by atoms with E-state index >= 15 is 0 Å². The number of nitrogens with zero attached hydrogens (tertiary/aromatic N) is 2. The molecule has 2 aromatic heterocycles. The van der Waals surface area contributed by atoms with Crippen LogP contribution >= 0.6 is 69.1 Å². The van der Waals surface area contributed by atoms with Crippen LogP contribution in [-0.4, -0.2) is 20.2 Å². The number of aromatic nitrogens is 2. The van der Waals surface area contributed by atoms with Crippen LogP contribution in [0.3, 0.4) is 0 Å². The zero-order valence-corrected chi connectivity index (χ0v) is 50.8. The third-order valence-electron chi connectivity index (χ3n) is 11.7. The molecule has 0 aliphatic carbocycles. The van der Waals surface area contributed by atoms with Gasteiger partial charge in [0.15, 0.2) is 0 Å². The minimum Gasteiger partial charge on any atom is -0.507 e. The second-order valence-corrected chi connectivity index (χ2v) is 22.7. The van der Waals surface area contributed by atoms with E-state index in [-0.39, 0.29) is 48.2 Å². The number of thiazole rings is 2. The molecule has 0 amide bonds. The van der Waals surface area contributed by atoms with Crippen molar-refractivity contribution in [1.29, 1.82) is 0 Å². The zero-order chi connectivity index (χ0) is 53.2. The Morgan fingerprint density at radius 2 is 0.680 bits per heavy atom. The fraction of sp³-hybridized carbons (Fsp3) is 0.125. The Morgan fingerprint density at radius 3 is 0.947 bits per heavy atom. The fourth-order valence-electron chi connectivity index (χ4n) is 7.60. The quantitative estimate of drug-likeness (QED) is 0.129. The van der Waals surface area contributed by atoms with Gasteiger partial charge in [0.25, 0.3) is 0 Å². The van der Waals surface area contributed by atoms with E-state index in [1.165, 1.54) is 22.7 Å². The van der Waals surface area contributed by atoms with Crippen molar-refractivity contribution in [3.8, 4) is 77.4 Å². The maximum atomic E-state index is 11.2. The molecule has 10 aromatic rings. The molecule has 0 saturated carbocycles. The molecule has 10 rings (SSSR count). The van der Waals surface area contributed by atoms with E-state index in [9.17, 15) is 10.2 Å².